The molecule has 0 amide bonds. The molecule has 0 heterocycles. The topological polar surface area (TPSA) is 27.7 Å². The van der Waals surface area contributed by atoms with Gasteiger partial charge in [-0.25, -0.2) is 0 Å². The van der Waals surface area contributed by atoms with E-state index in [2.05, 4.69) is 27.7 Å². The van der Waals surface area contributed by atoms with Crippen molar-refractivity contribution >= 4 is 35.1 Å². The van der Waals surface area contributed by atoms with Crippen LogP contribution in [0.1, 0.15) is 57.2 Å². The molecule has 3 nitrogen and oxygen atoms in total. The number of rotatable bonds is 11. The third-order valence-electron chi connectivity index (χ3n) is 5.03. The number of benzene rings is 2. The van der Waals surface area contributed by atoms with E-state index in [4.69, 9.17) is 39.5 Å². The molecule has 0 aromatic heterocycles. The van der Waals surface area contributed by atoms with E-state index < -0.39 is 0 Å². The first kappa shape index (κ1) is 25.5. The highest BCUT2D eigenvalue weighted by Crippen LogP contribution is 2.39. The number of ether oxygens (including phenoxy) is 3. The van der Waals surface area contributed by atoms with Gasteiger partial charge in [0, 0.05) is 15.4 Å². The van der Waals surface area contributed by atoms with Gasteiger partial charge in [-0.1, -0.05) is 39.8 Å². The third-order valence-corrected chi connectivity index (χ3v) is 6.15. The zero-order valence-electron chi connectivity index (χ0n) is 19.6. The highest BCUT2D eigenvalue weighted by Gasteiger charge is 2.14. The minimum absolute atomic E-state index is 0.577. The summed E-state index contributed by atoms with van der Waals surface area (Å²) in [5, 5.41) is 0. The SMILES string of the molecule is COc1cc(C(S)=C(S)c2cc(OCCC(C)C)ccc2OCCC(C)C)ccc1C. The van der Waals surface area contributed by atoms with Gasteiger partial charge in [0.25, 0.3) is 0 Å². The Morgan fingerprint density at radius 2 is 1.45 bits per heavy atom. The maximum Gasteiger partial charge on any atom is 0.127 e. The molecule has 0 unspecified atom stereocenters. The first-order valence-electron chi connectivity index (χ1n) is 10.9. The van der Waals surface area contributed by atoms with Crippen molar-refractivity contribution in [3.8, 4) is 17.2 Å². The molecule has 2 aromatic carbocycles. The van der Waals surface area contributed by atoms with E-state index >= 15 is 0 Å². The Bertz CT molecular complexity index is 888. The highest BCUT2D eigenvalue weighted by molar-refractivity contribution is 7.96. The van der Waals surface area contributed by atoms with Crippen LogP contribution in [0.5, 0.6) is 17.2 Å². The maximum absolute atomic E-state index is 6.12. The van der Waals surface area contributed by atoms with Crippen LogP contribution in [0.4, 0.5) is 0 Å². The average molecular weight is 461 g/mol. The van der Waals surface area contributed by atoms with Crippen LogP contribution in [0.25, 0.3) is 9.81 Å². The fraction of sp³-hybridized carbons (Fsp3) is 0.462. The number of thiol groups is 2. The van der Waals surface area contributed by atoms with Crippen molar-refractivity contribution < 1.29 is 14.2 Å². The summed E-state index contributed by atoms with van der Waals surface area (Å²) < 4.78 is 17.6. The van der Waals surface area contributed by atoms with Crippen molar-refractivity contribution in [1.82, 2.24) is 0 Å². The lowest BCUT2D eigenvalue weighted by Crippen LogP contribution is -2.04. The zero-order valence-corrected chi connectivity index (χ0v) is 21.4. The highest BCUT2D eigenvalue weighted by atomic mass is 32.1. The molecule has 0 aliphatic heterocycles. The van der Waals surface area contributed by atoms with Crippen LogP contribution < -0.4 is 14.2 Å². The van der Waals surface area contributed by atoms with Gasteiger partial charge in [0.2, 0.25) is 0 Å². The smallest absolute Gasteiger partial charge is 0.127 e. The molecular formula is C26H36O3S2. The minimum Gasteiger partial charge on any atom is -0.496 e. The Labute approximate surface area is 199 Å². The molecular weight excluding hydrogens is 424 g/mol. The number of methoxy groups -OCH3 is 1. The van der Waals surface area contributed by atoms with E-state index in [-0.39, 0.29) is 0 Å². The summed E-state index contributed by atoms with van der Waals surface area (Å²) in [5.74, 6) is 3.59. The van der Waals surface area contributed by atoms with Crippen molar-refractivity contribution in [1.29, 1.82) is 0 Å². The normalized spacial score (nSPS) is 12.2. The van der Waals surface area contributed by atoms with Gasteiger partial charge in [0.1, 0.15) is 17.2 Å². The summed E-state index contributed by atoms with van der Waals surface area (Å²) >= 11 is 9.65. The average Bonchev–Trinajstić information content (AvgIpc) is 2.73. The molecule has 0 fully saturated rings. The number of hydrogen-bond acceptors (Lipinski definition) is 5. The standard InChI is InChI=1S/C26H36O3S2/c1-17(2)11-13-28-21-9-10-23(29-14-12-18(3)4)22(16-21)26(31)25(30)20-8-7-19(5)24(15-20)27-6/h7-10,15-18,30-31H,11-14H2,1-6H3. The van der Waals surface area contributed by atoms with Crippen LogP contribution in [-0.4, -0.2) is 20.3 Å². The van der Waals surface area contributed by atoms with Gasteiger partial charge in [0.05, 0.1) is 20.3 Å². The van der Waals surface area contributed by atoms with Crippen LogP contribution >= 0.6 is 25.3 Å². The van der Waals surface area contributed by atoms with Crippen molar-refractivity contribution in [2.24, 2.45) is 11.8 Å². The van der Waals surface area contributed by atoms with E-state index in [1.807, 2.05) is 43.3 Å². The van der Waals surface area contributed by atoms with Gasteiger partial charge in [-0.15, -0.1) is 25.3 Å². The fourth-order valence-electron chi connectivity index (χ4n) is 2.96. The molecule has 0 aliphatic rings. The van der Waals surface area contributed by atoms with E-state index in [0.29, 0.717) is 25.0 Å². The minimum atomic E-state index is 0.577. The summed E-state index contributed by atoms with van der Waals surface area (Å²) in [4.78, 5) is 1.50. The molecule has 0 atom stereocenters. The molecule has 2 rings (SSSR count). The van der Waals surface area contributed by atoms with Crippen molar-refractivity contribution in [3.05, 3.63) is 53.1 Å². The molecule has 170 valence electrons. The van der Waals surface area contributed by atoms with Crippen LogP contribution in [0.15, 0.2) is 36.4 Å². The summed E-state index contributed by atoms with van der Waals surface area (Å²) in [6.07, 6.45) is 1.99. The molecule has 0 saturated heterocycles. The van der Waals surface area contributed by atoms with E-state index in [1.165, 1.54) is 0 Å². The van der Waals surface area contributed by atoms with Gasteiger partial charge >= 0.3 is 0 Å². The second-order valence-corrected chi connectivity index (χ2v) is 9.50. The Balaban J connectivity index is 2.40. The summed E-state index contributed by atoms with van der Waals surface area (Å²) in [7, 11) is 1.67. The van der Waals surface area contributed by atoms with Gasteiger partial charge in [0.15, 0.2) is 0 Å². The molecule has 0 aliphatic carbocycles. The molecule has 0 radical (unpaired) electrons. The van der Waals surface area contributed by atoms with Gasteiger partial charge in [-0.05, 0) is 67.0 Å². The lowest BCUT2D eigenvalue weighted by molar-refractivity contribution is 0.281. The first-order valence-corrected chi connectivity index (χ1v) is 11.8. The molecule has 0 spiro atoms. The summed E-state index contributed by atoms with van der Waals surface area (Å²) in [6.45, 7) is 12.1. The monoisotopic (exact) mass is 460 g/mol. The van der Waals surface area contributed by atoms with E-state index in [1.54, 1.807) is 7.11 Å². The lowest BCUT2D eigenvalue weighted by atomic mass is 10.1. The predicted octanol–water partition coefficient (Wildman–Crippen LogP) is 7.54. The Hall–Kier alpha value is -1.72. The molecule has 31 heavy (non-hydrogen) atoms. The molecule has 5 heteroatoms. The van der Waals surface area contributed by atoms with Crippen LogP contribution in [0.3, 0.4) is 0 Å². The van der Waals surface area contributed by atoms with Crippen molar-refractivity contribution in [2.45, 2.75) is 47.5 Å². The second-order valence-electron chi connectivity index (χ2n) is 8.60. The van der Waals surface area contributed by atoms with Gasteiger partial charge in [-0.3, -0.25) is 0 Å². The van der Waals surface area contributed by atoms with Gasteiger partial charge in [-0.2, -0.15) is 0 Å². The summed E-state index contributed by atoms with van der Waals surface area (Å²) in [6, 6.07) is 12.0. The number of hydrogen-bond donors (Lipinski definition) is 2. The van der Waals surface area contributed by atoms with Crippen molar-refractivity contribution in [3.63, 3.8) is 0 Å². The van der Waals surface area contributed by atoms with Crippen LogP contribution in [0, 0.1) is 18.8 Å². The molecule has 0 saturated carbocycles. The Morgan fingerprint density at radius 1 is 0.806 bits per heavy atom. The number of aryl methyl sites for hydroxylation is 1. The Kier molecular flexibility index (Phi) is 10.2. The zero-order chi connectivity index (χ0) is 23.0. The largest absolute Gasteiger partial charge is 0.496 e. The van der Waals surface area contributed by atoms with Crippen molar-refractivity contribution in [2.75, 3.05) is 20.3 Å². The molecule has 0 bridgehead atoms. The van der Waals surface area contributed by atoms with Crippen LogP contribution in [-0.2, 0) is 0 Å². The summed E-state index contributed by atoms with van der Waals surface area (Å²) in [5.41, 5.74) is 2.89. The maximum atomic E-state index is 6.12. The van der Waals surface area contributed by atoms with Crippen LogP contribution in [0.2, 0.25) is 0 Å². The van der Waals surface area contributed by atoms with E-state index in [0.717, 1.165) is 56.6 Å². The lowest BCUT2D eigenvalue weighted by Gasteiger charge is -2.17. The predicted molar refractivity (Wildman–Crippen MR) is 139 cm³/mol. The second kappa shape index (κ2) is 12.4. The first-order chi connectivity index (χ1) is 14.7. The van der Waals surface area contributed by atoms with E-state index in [9.17, 15) is 0 Å². The van der Waals surface area contributed by atoms with Gasteiger partial charge < -0.3 is 14.2 Å². The molecule has 2 aromatic rings. The third kappa shape index (κ3) is 7.73. The fourth-order valence-corrected chi connectivity index (χ4v) is 3.52. The molecule has 0 N–H and O–H groups in total. The Morgan fingerprint density at radius 3 is 2.06 bits per heavy atom. The quantitative estimate of drug-likeness (QED) is 0.268.